The SMILES string of the molecule is CC(C)CCC(C)NC(=O)[C@H](CC(=O)O)NC(=O)Cn1c(O)c(CCCN=C(N)N)[nH]c1=O. The van der Waals surface area contributed by atoms with Gasteiger partial charge in [-0.15, -0.1) is 0 Å². The van der Waals surface area contributed by atoms with E-state index in [1.54, 1.807) is 6.92 Å². The number of nitrogens with one attached hydrogen (secondary N) is 3. The number of aromatic hydroxyl groups is 1. The van der Waals surface area contributed by atoms with Crippen molar-refractivity contribution in [3.63, 3.8) is 0 Å². The van der Waals surface area contributed by atoms with Gasteiger partial charge in [0.15, 0.2) is 5.96 Å². The molecule has 0 radical (unpaired) electrons. The number of hydrogen-bond donors (Lipinski definition) is 7. The molecule has 0 saturated carbocycles. The Morgan fingerprint density at radius 2 is 1.82 bits per heavy atom. The van der Waals surface area contributed by atoms with Crippen LogP contribution < -0.4 is 27.8 Å². The normalized spacial score (nSPS) is 12.7. The molecule has 0 aliphatic heterocycles. The minimum atomic E-state index is -1.33. The Kier molecular flexibility index (Phi) is 11.0. The topological polar surface area (TPSA) is 218 Å². The molecule has 0 aliphatic rings. The van der Waals surface area contributed by atoms with Crippen LogP contribution in [0.2, 0.25) is 0 Å². The number of aliphatic imine (C=N–C) groups is 1. The van der Waals surface area contributed by atoms with Gasteiger partial charge >= 0.3 is 11.7 Å². The van der Waals surface area contributed by atoms with E-state index in [0.29, 0.717) is 18.8 Å². The fraction of sp³-hybridized carbons (Fsp3) is 0.650. The lowest BCUT2D eigenvalue weighted by atomic mass is 10.0. The zero-order valence-electron chi connectivity index (χ0n) is 19.3. The van der Waals surface area contributed by atoms with Gasteiger partial charge in [-0.3, -0.25) is 23.9 Å². The molecule has 9 N–H and O–H groups in total. The number of nitrogens with zero attached hydrogens (tertiary/aromatic N) is 2. The summed E-state index contributed by atoms with van der Waals surface area (Å²) in [6, 6.07) is -1.53. The summed E-state index contributed by atoms with van der Waals surface area (Å²) in [7, 11) is 0. The largest absolute Gasteiger partial charge is 0.493 e. The number of carbonyl (C=O) groups excluding carboxylic acids is 2. The van der Waals surface area contributed by atoms with Gasteiger partial charge in [0.05, 0.1) is 12.1 Å². The van der Waals surface area contributed by atoms with Crippen LogP contribution in [-0.2, 0) is 27.3 Å². The van der Waals surface area contributed by atoms with Crippen molar-refractivity contribution in [1.82, 2.24) is 20.2 Å². The van der Waals surface area contributed by atoms with Crippen LogP contribution in [0.4, 0.5) is 0 Å². The van der Waals surface area contributed by atoms with Crippen molar-refractivity contribution in [3.8, 4) is 5.88 Å². The molecular formula is C20H35N7O6. The number of aromatic amines is 1. The van der Waals surface area contributed by atoms with E-state index in [2.05, 4.69) is 34.5 Å². The highest BCUT2D eigenvalue weighted by molar-refractivity contribution is 5.90. The molecule has 0 aromatic carbocycles. The van der Waals surface area contributed by atoms with Crippen LogP contribution in [-0.4, -0.2) is 62.1 Å². The van der Waals surface area contributed by atoms with Crippen LogP contribution in [0.15, 0.2) is 9.79 Å². The summed E-state index contributed by atoms with van der Waals surface area (Å²) in [5.41, 5.74) is 9.96. The number of carbonyl (C=O) groups is 3. The first-order valence-corrected chi connectivity index (χ1v) is 10.8. The molecule has 2 amide bonds. The Balaban J connectivity index is 2.79. The standard InChI is InChI=1S/C20H35N7O6/c1-11(2)6-7-12(3)24-17(31)14(9-16(29)30)25-15(28)10-27-18(32)13(26-20(27)33)5-4-8-23-19(21)22/h11-12,14,32H,4-10H2,1-3H3,(H,24,31)(H,25,28)(H,26,33)(H,29,30)(H4,21,22,23)/t12?,14-/m0/s1. The van der Waals surface area contributed by atoms with Crippen LogP contribution in [0.25, 0.3) is 0 Å². The van der Waals surface area contributed by atoms with Crippen molar-refractivity contribution in [3.05, 3.63) is 16.2 Å². The average molecular weight is 470 g/mol. The first-order valence-electron chi connectivity index (χ1n) is 10.8. The molecule has 0 spiro atoms. The van der Waals surface area contributed by atoms with Crippen LogP contribution in [0, 0.1) is 5.92 Å². The molecule has 0 aliphatic carbocycles. The smallest absolute Gasteiger partial charge is 0.329 e. The van der Waals surface area contributed by atoms with E-state index in [0.717, 1.165) is 11.0 Å². The number of carboxylic acid groups (broad SMARTS) is 1. The van der Waals surface area contributed by atoms with Gasteiger partial charge in [-0.2, -0.15) is 0 Å². The lowest BCUT2D eigenvalue weighted by molar-refractivity contribution is -0.140. The lowest BCUT2D eigenvalue weighted by Crippen LogP contribution is -2.51. The summed E-state index contributed by atoms with van der Waals surface area (Å²) in [5.74, 6) is -2.75. The molecule has 13 heteroatoms. The summed E-state index contributed by atoms with van der Waals surface area (Å²) < 4.78 is 0.798. The minimum absolute atomic E-state index is 0.0729. The number of guanidine groups is 1. The van der Waals surface area contributed by atoms with Crippen LogP contribution >= 0.6 is 0 Å². The second-order valence-electron chi connectivity index (χ2n) is 8.33. The molecule has 1 aromatic heterocycles. The number of H-pyrrole nitrogens is 1. The first kappa shape index (κ1) is 27.5. The van der Waals surface area contributed by atoms with Gasteiger partial charge in [-0.1, -0.05) is 13.8 Å². The number of nitrogens with two attached hydrogens (primary N) is 2. The molecule has 0 fully saturated rings. The van der Waals surface area contributed by atoms with E-state index in [9.17, 15) is 24.3 Å². The first-order chi connectivity index (χ1) is 15.4. The third-order valence-corrected chi connectivity index (χ3v) is 4.81. The van der Waals surface area contributed by atoms with Gasteiger partial charge in [0.25, 0.3) is 0 Å². The second-order valence-corrected chi connectivity index (χ2v) is 8.33. The third kappa shape index (κ3) is 10.1. The summed E-state index contributed by atoms with van der Waals surface area (Å²) in [5, 5.41) is 24.4. The zero-order valence-corrected chi connectivity index (χ0v) is 19.3. The van der Waals surface area contributed by atoms with Crippen LogP contribution in [0.3, 0.4) is 0 Å². The van der Waals surface area contributed by atoms with Crippen molar-refractivity contribution >= 4 is 23.7 Å². The predicted molar refractivity (Wildman–Crippen MR) is 122 cm³/mol. The number of imidazole rings is 1. The highest BCUT2D eigenvalue weighted by Crippen LogP contribution is 2.14. The molecule has 13 nitrogen and oxygen atoms in total. The maximum atomic E-state index is 12.5. The maximum Gasteiger partial charge on any atom is 0.329 e. The Labute approximate surface area is 191 Å². The van der Waals surface area contributed by atoms with E-state index >= 15 is 0 Å². The predicted octanol–water partition coefficient (Wildman–Crippen LogP) is -1.01. The van der Waals surface area contributed by atoms with Crippen LogP contribution in [0.1, 0.15) is 52.1 Å². The van der Waals surface area contributed by atoms with Gasteiger partial charge in [-0.05, 0) is 38.5 Å². The number of rotatable bonds is 14. The fourth-order valence-corrected chi connectivity index (χ4v) is 3.06. The monoisotopic (exact) mass is 469 g/mol. The summed E-state index contributed by atoms with van der Waals surface area (Å²) in [6.45, 7) is 5.59. The van der Waals surface area contributed by atoms with Crippen molar-refractivity contribution in [2.24, 2.45) is 22.4 Å². The molecular weight excluding hydrogens is 434 g/mol. The third-order valence-electron chi connectivity index (χ3n) is 4.81. The number of carboxylic acids is 1. The maximum absolute atomic E-state index is 12.5. The number of aryl methyl sites for hydroxylation is 1. The van der Waals surface area contributed by atoms with Gasteiger partial charge < -0.3 is 37.3 Å². The van der Waals surface area contributed by atoms with Crippen molar-refractivity contribution in [1.29, 1.82) is 0 Å². The Hall–Kier alpha value is -3.51. The van der Waals surface area contributed by atoms with Gasteiger partial charge in [0.1, 0.15) is 12.6 Å². The molecule has 0 bridgehead atoms. The minimum Gasteiger partial charge on any atom is -0.493 e. The fourth-order valence-electron chi connectivity index (χ4n) is 3.06. The van der Waals surface area contributed by atoms with E-state index in [1.165, 1.54) is 0 Å². The van der Waals surface area contributed by atoms with Gasteiger partial charge in [0, 0.05) is 12.6 Å². The highest BCUT2D eigenvalue weighted by atomic mass is 16.4. The van der Waals surface area contributed by atoms with Gasteiger partial charge in [-0.25, -0.2) is 4.79 Å². The number of amides is 2. The lowest BCUT2D eigenvalue weighted by Gasteiger charge is -2.21. The summed E-state index contributed by atoms with van der Waals surface area (Å²) in [6.07, 6.45) is 1.65. The molecule has 0 saturated heterocycles. The molecule has 1 aromatic rings. The molecule has 33 heavy (non-hydrogen) atoms. The number of aliphatic carboxylic acids is 1. The molecule has 1 rings (SSSR count). The highest BCUT2D eigenvalue weighted by Gasteiger charge is 2.26. The zero-order chi connectivity index (χ0) is 25.1. The molecule has 1 heterocycles. The van der Waals surface area contributed by atoms with Crippen molar-refractivity contribution in [2.75, 3.05) is 6.54 Å². The average Bonchev–Trinajstić information content (AvgIpc) is 2.96. The van der Waals surface area contributed by atoms with E-state index in [-0.39, 0.29) is 30.7 Å². The van der Waals surface area contributed by atoms with E-state index < -0.39 is 48.4 Å². The molecule has 1 unspecified atom stereocenters. The quantitative estimate of drug-likeness (QED) is 0.101. The molecule has 2 atom stereocenters. The summed E-state index contributed by atoms with van der Waals surface area (Å²) >= 11 is 0. The van der Waals surface area contributed by atoms with Crippen molar-refractivity contribution < 1.29 is 24.6 Å². The molecule has 186 valence electrons. The Morgan fingerprint density at radius 3 is 2.39 bits per heavy atom. The number of hydrogen-bond acceptors (Lipinski definition) is 6. The van der Waals surface area contributed by atoms with E-state index in [4.69, 9.17) is 16.6 Å². The Morgan fingerprint density at radius 1 is 1.15 bits per heavy atom. The number of aromatic nitrogens is 2. The van der Waals surface area contributed by atoms with E-state index in [1.807, 2.05) is 0 Å². The summed E-state index contributed by atoms with van der Waals surface area (Å²) in [4.78, 5) is 54.5. The van der Waals surface area contributed by atoms with Gasteiger partial charge in [0.2, 0.25) is 17.7 Å². The van der Waals surface area contributed by atoms with Crippen LogP contribution in [0.5, 0.6) is 5.88 Å². The van der Waals surface area contributed by atoms with Crippen molar-refractivity contribution in [2.45, 2.75) is 71.5 Å². The Bertz CT molecular complexity index is 901. The second kappa shape index (κ2) is 13.1.